The second kappa shape index (κ2) is 7.81. The second-order valence-electron chi connectivity index (χ2n) is 5.91. The molecule has 0 bridgehead atoms. The number of carbonyl (C=O) groups is 1. The van der Waals surface area contributed by atoms with Gasteiger partial charge in [0, 0.05) is 25.4 Å². The van der Waals surface area contributed by atoms with Crippen LogP contribution in [0.4, 0.5) is 4.79 Å². The first-order valence-corrected chi connectivity index (χ1v) is 8.15. The van der Waals surface area contributed by atoms with Crippen LogP contribution in [0.2, 0.25) is 0 Å². The minimum absolute atomic E-state index is 0.0460. The summed E-state index contributed by atoms with van der Waals surface area (Å²) in [4.78, 5) is 16.5. The summed E-state index contributed by atoms with van der Waals surface area (Å²) in [5, 5.41) is 18.0. The third kappa shape index (κ3) is 4.58. The zero-order valence-corrected chi connectivity index (χ0v) is 13.8. The molecule has 1 aromatic carbocycles. The predicted octanol–water partition coefficient (Wildman–Crippen LogP) is 3.52. The maximum atomic E-state index is 10.9. The molecular weight excluding hydrogens is 320 g/mol. The van der Waals surface area contributed by atoms with E-state index in [-0.39, 0.29) is 6.61 Å². The molecule has 3 rings (SSSR count). The average Bonchev–Trinajstić information content (AvgIpc) is 2.63. The Kier molecular flexibility index (Phi) is 5.30. The molecule has 2 aromatic rings. The van der Waals surface area contributed by atoms with Crippen LogP contribution in [-0.4, -0.2) is 39.3 Å². The number of hydrogen-bond acceptors (Lipinski definition) is 4. The number of benzene rings is 1. The van der Waals surface area contributed by atoms with Gasteiger partial charge in [-0.25, -0.2) is 9.78 Å². The zero-order valence-electron chi connectivity index (χ0n) is 13.8. The number of piperidine rings is 1. The van der Waals surface area contributed by atoms with Crippen molar-refractivity contribution in [3.8, 4) is 11.6 Å². The van der Waals surface area contributed by atoms with Crippen molar-refractivity contribution in [2.75, 3.05) is 13.1 Å². The van der Waals surface area contributed by atoms with Gasteiger partial charge in [-0.15, -0.1) is 0 Å². The van der Waals surface area contributed by atoms with Crippen LogP contribution in [0.1, 0.15) is 24.0 Å². The third-order valence-corrected chi connectivity index (χ3v) is 4.11. The fourth-order valence-corrected chi connectivity index (χ4v) is 2.72. The minimum atomic E-state index is -0.853. The summed E-state index contributed by atoms with van der Waals surface area (Å²) in [6, 6.07) is 11.2. The SMILES string of the molecule is O=C(O)N1CCC(=Cc2cccc(Oc3ccc(CO)cn3)c2)CC1. The predicted molar refractivity (Wildman–Crippen MR) is 93.5 cm³/mol. The molecule has 25 heavy (non-hydrogen) atoms. The van der Waals surface area contributed by atoms with Crippen LogP contribution in [0.3, 0.4) is 0 Å². The fourth-order valence-electron chi connectivity index (χ4n) is 2.72. The number of pyridine rings is 1. The molecule has 0 radical (unpaired) electrons. The molecule has 0 spiro atoms. The highest BCUT2D eigenvalue weighted by Gasteiger charge is 2.17. The zero-order chi connectivity index (χ0) is 17.6. The van der Waals surface area contributed by atoms with E-state index in [9.17, 15) is 4.79 Å². The summed E-state index contributed by atoms with van der Waals surface area (Å²) in [5.74, 6) is 1.15. The van der Waals surface area contributed by atoms with Crippen molar-refractivity contribution in [3.63, 3.8) is 0 Å². The van der Waals surface area contributed by atoms with E-state index in [1.807, 2.05) is 24.3 Å². The lowest BCUT2D eigenvalue weighted by molar-refractivity contribution is 0.142. The van der Waals surface area contributed by atoms with Crippen molar-refractivity contribution in [1.29, 1.82) is 0 Å². The van der Waals surface area contributed by atoms with Gasteiger partial charge in [-0.3, -0.25) is 0 Å². The minimum Gasteiger partial charge on any atom is -0.465 e. The van der Waals surface area contributed by atoms with E-state index in [0.717, 1.165) is 24.0 Å². The Morgan fingerprint density at radius 2 is 2.04 bits per heavy atom. The molecule has 1 aromatic heterocycles. The lowest BCUT2D eigenvalue weighted by Gasteiger charge is -2.25. The normalized spacial score (nSPS) is 14.3. The van der Waals surface area contributed by atoms with Crippen LogP contribution in [-0.2, 0) is 6.61 Å². The van der Waals surface area contributed by atoms with Gasteiger partial charge in [0.2, 0.25) is 5.88 Å². The van der Waals surface area contributed by atoms with Crippen molar-refractivity contribution >= 4 is 12.2 Å². The van der Waals surface area contributed by atoms with E-state index in [2.05, 4.69) is 11.1 Å². The van der Waals surface area contributed by atoms with Crippen LogP contribution in [0.25, 0.3) is 6.08 Å². The van der Waals surface area contributed by atoms with Gasteiger partial charge < -0.3 is 19.8 Å². The Bertz CT molecular complexity index is 761. The molecule has 1 fully saturated rings. The lowest BCUT2D eigenvalue weighted by Crippen LogP contribution is -2.35. The van der Waals surface area contributed by atoms with Crippen LogP contribution in [0.5, 0.6) is 11.6 Å². The Labute approximate surface area is 146 Å². The van der Waals surface area contributed by atoms with Crippen molar-refractivity contribution < 1.29 is 19.7 Å². The van der Waals surface area contributed by atoms with Gasteiger partial charge >= 0.3 is 6.09 Å². The highest BCUT2D eigenvalue weighted by Crippen LogP contribution is 2.24. The maximum Gasteiger partial charge on any atom is 0.407 e. The van der Waals surface area contributed by atoms with Gasteiger partial charge in [0.25, 0.3) is 0 Å². The summed E-state index contributed by atoms with van der Waals surface area (Å²) in [7, 11) is 0. The molecule has 1 aliphatic rings. The molecule has 0 unspecified atom stereocenters. The van der Waals surface area contributed by atoms with E-state index in [1.165, 1.54) is 10.5 Å². The number of likely N-dealkylation sites (tertiary alicyclic amines) is 1. The number of carboxylic acid groups (broad SMARTS) is 1. The fraction of sp³-hybridized carbons (Fsp3) is 0.263. The molecule has 1 saturated heterocycles. The largest absolute Gasteiger partial charge is 0.465 e. The van der Waals surface area contributed by atoms with Gasteiger partial charge in [-0.05, 0) is 42.2 Å². The lowest BCUT2D eigenvalue weighted by atomic mass is 10.0. The van der Waals surface area contributed by atoms with Gasteiger partial charge in [-0.2, -0.15) is 0 Å². The number of rotatable bonds is 4. The van der Waals surface area contributed by atoms with Crippen molar-refractivity contribution in [2.24, 2.45) is 0 Å². The molecule has 0 atom stereocenters. The van der Waals surface area contributed by atoms with Gasteiger partial charge in [0.1, 0.15) is 5.75 Å². The second-order valence-corrected chi connectivity index (χ2v) is 5.91. The van der Waals surface area contributed by atoms with Gasteiger partial charge in [0.05, 0.1) is 6.61 Å². The molecule has 2 N–H and O–H groups in total. The van der Waals surface area contributed by atoms with Crippen LogP contribution in [0.15, 0.2) is 48.2 Å². The molecule has 1 amide bonds. The maximum absolute atomic E-state index is 10.9. The summed E-state index contributed by atoms with van der Waals surface area (Å²) in [5.41, 5.74) is 2.99. The van der Waals surface area contributed by atoms with E-state index < -0.39 is 6.09 Å². The monoisotopic (exact) mass is 340 g/mol. The smallest absolute Gasteiger partial charge is 0.407 e. The number of aliphatic hydroxyl groups is 1. The number of nitrogens with zero attached hydrogens (tertiary/aromatic N) is 2. The molecule has 6 nitrogen and oxygen atoms in total. The van der Waals surface area contributed by atoms with E-state index in [1.54, 1.807) is 18.3 Å². The number of aliphatic hydroxyl groups excluding tert-OH is 1. The molecule has 6 heteroatoms. The molecular formula is C19H20N2O4. The van der Waals surface area contributed by atoms with Crippen LogP contribution in [0, 0.1) is 0 Å². The Morgan fingerprint density at radius 1 is 1.24 bits per heavy atom. The van der Waals surface area contributed by atoms with E-state index in [0.29, 0.717) is 24.7 Å². The topological polar surface area (TPSA) is 82.9 Å². The summed E-state index contributed by atoms with van der Waals surface area (Å²) in [6.45, 7) is 1.03. The quantitative estimate of drug-likeness (QED) is 0.890. The summed E-state index contributed by atoms with van der Waals surface area (Å²) < 4.78 is 5.75. The number of aromatic nitrogens is 1. The van der Waals surface area contributed by atoms with E-state index >= 15 is 0 Å². The van der Waals surface area contributed by atoms with Crippen molar-refractivity contribution in [3.05, 3.63) is 59.3 Å². The van der Waals surface area contributed by atoms with Gasteiger partial charge in [-0.1, -0.05) is 23.8 Å². The Hall–Kier alpha value is -2.86. The first kappa shape index (κ1) is 17.0. The first-order valence-electron chi connectivity index (χ1n) is 8.15. The Balaban J connectivity index is 1.67. The van der Waals surface area contributed by atoms with Gasteiger partial charge in [0.15, 0.2) is 0 Å². The number of hydrogen-bond donors (Lipinski definition) is 2. The number of amides is 1. The third-order valence-electron chi connectivity index (χ3n) is 4.11. The first-order chi connectivity index (χ1) is 12.1. The highest BCUT2D eigenvalue weighted by molar-refractivity contribution is 5.65. The molecule has 0 aliphatic carbocycles. The number of ether oxygens (including phenoxy) is 1. The van der Waals surface area contributed by atoms with Crippen molar-refractivity contribution in [2.45, 2.75) is 19.4 Å². The molecule has 2 heterocycles. The van der Waals surface area contributed by atoms with Crippen LogP contribution >= 0.6 is 0 Å². The average molecular weight is 340 g/mol. The standard InChI is InChI=1S/C19H20N2O4/c22-13-16-4-5-18(20-12-16)25-17-3-1-2-15(11-17)10-14-6-8-21(9-7-14)19(23)24/h1-5,10-12,22H,6-9,13H2,(H,23,24). The van der Waals surface area contributed by atoms with Crippen LogP contribution < -0.4 is 4.74 Å². The molecule has 0 saturated carbocycles. The summed E-state index contributed by atoms with van der Waals surface area (Å²) >= 11 is 0. The Morgan fingerprint density at radius 3 is 2.68 bits per heavy atom. The summed E-state index contributed by atoms with van der Waals surface area (Å²) in [6.07, 6.45) is 4.32. The van der Waals surface area contributed by atoms with E-state index in [4.69, 9.17) is 14.9 Å². The molecule has 130 valence electrons. The molecule has 1 aliphatic heterocycles. The highest BCUT2D eigenvalue weighted by atomic mass is 16.5. The van der Waals surface area contributed by atoms with Crippen molar-refractivity contribution in [1.82, 2.24) is 9.88 Å².